The van der Waals surface area contributed by atoms with E-state index in [1.54, 1.807) is 18.2 Å². The largest absolute Gasteiger partial charge is 0.484 e. The fourth-order valence-electron chi connectivity index (χ4n) is 2.54. The monoisotopic (exact) mass is 395 g/mol. The van der Waals surface area contributed by atoms with E-state index in [1.165, 1.54) is 18.2 Å². The molecule has 0 aliphatic carbocycles. The van der Waals surface area contributed by atoms with Crippen LogP contribution in [0.5, 0.6) is 5.75 Å². The van der Waals surface area contributed by atoms with Gasteiger partial charge in [-0.3, -0.25) is 9.59 Å². The van der Waals surface area contributed by atoms with Crippen molar-refractivity contribution in [2.75, 3.05) is 13.2 Å². The summed E-state index contributed by atoms with van der Waals surface area (Å²) in [6, 6.07) is 14.9. The van der Waals surface area contributed by atoms with Gasteiger partial charge in [-0.1, -0.05) is 42.5 Å². The van der Waals surface area contributed by atoms with E-state index in [-0.39, 0.29) is 25.1 Å². The zero-order valence-corrected chi connectivity index (χ0v) is 14.9. The zero-order valence-electron chi connectivity index (χ0n) is 14.9. The highest BCUT2D eigenvalue weighted by molar-refractivity contribution is 5.79. The summed E-state index contributed by atoms with van der Waals surface area (Å²) in [5, 5.41) is 11.9. The van der Waals surface area contributed by atoms with Crippen molar-refractivity contribution in [3.63, 3.8) is 0 Å². The summed E-state index contributed by atoms with van der Waals surface area (Å²) < 4.78 is 41.3. The van der Waals surface area contributed by atoms with Crippen molar-refractivity contribution < 1.29 is 32.6 Å². The number of aliphatic carboxylic acids is 1. The minimum absolute atomic E-state index is 0.00937. The molecule has 5 nitrogen and oxygen atoms in total. The van der Waals surface area contributed by atoms with Gasteiger partial charge in [-0.2, -0.15) is 13.2 Å². The number of carbonyl (C=O) groups is 2. The lowest BCUT2D eigenvalue weighted by molar-refractivity contribution is -0.153. The van der Waals surface area contributed by atoms with Gasteiger partial charge in [0, 0.05) is 6.54 Å². The van der Waals surface area contributed by atoms with Crippen LogP contribution in [-0.2, 0) is 22.4 Å². The van der Waals surface area contributed by atoms with Crippen molar-refractivity contribution in [1.29, 1.82) is 0 Å². The third-order valence-electron chi connectivity index (χ3n) is 3.89. The highest BCUT2D eigenvalue weighted by Gasteiger charge is 2.28. The van der Waals surface area contributed by atoms with E-state index in [1.807, 2.05) is 18.2 Å². The Morgan fingerprint density at radius 3 is 2.36 bits per heavy atom. The summed E-state index contributed by atoms with van der Waals surface area (Å²) >= 11 is 0. The summed E-state index contributed by atoms with van der Waals surface area (Å²) in [5.41, 5.74) is 1.31. The van der Waals surface area contributed by atoms with Gasteiger partial charge in [-0.05, 0) is 29.7 Å². The van der Waals surface area contributed by atoms with Gasteiger partial charge in [0.05, 0.1) is 12.3 Å². The van der Waals surface area contributed by atoms with E-state index < -0.39 is 30.6 Å². The SMILES string of the molecule is O=C(Cc1cccc(OCC(F)(F)F)c1)NCC(Cc1ccccc1)C(=O)O. The molecule has 8 heteroatoms. The normalized spacial score (nSPS) is 12.2. The molecular weight excluding hydrogens is 375 g/mol. The van der Waals surface area contributed by atoms with Crippen molar-refractivity contribution in [3.05, 3.63) is 65.7 Å². The molecule has 0 fully saturated rings. The number of carboxylic acids is 1. The van der Waals surface area contributed by atoms with Gasteiger partial charge < -0.3 is 15.2 Å². The van der Waals surface area contributed by atoms with E-state index in [4.69, 9.17) is 0 Å². The number of nitrogens with one attached hydrogen (secondary N) is 1. The fraction of sp³-hybridized carbons (Fsp3) is 0.300. The summed E-state index contributed by atoms with van der Waals surface area (Å²) in [6.07, 6.45) is -4.27. The molecule has 2 aromatic rings. The van der Waals surface area contributed by atoms with Crippen molar-refractivity contribution in [3.8, 4) is 5.75 Å². The molecule has 2 aromatic carbocycles. The van der Waals surface area contributed by atoms with Gasteiger partial charge in [0.2, 0.25) is 5.91 Å². The Bertz CT molecular complexity index is 794. The maximum atomic E-state index is 12.2. The number of carbonyl (C=O) groups excluding carboxylic acids is 1. The van der Waals surface area contributed by atoms with E-state index in [0.717, 1.165) is 5.56 Å². The Morgan fingerprint density at radius 2 is 1.71 bits per heavy atom. The smallest absolute Gasteiger partial charge is 0.422 e. The van der Waals surface area contributed by atoms with Gasteiger partial charge in [0.15, 0.2) is 6.61 Å². The number of halogens is 3. The van der Waals surface area contributed by atoms with Crippen molar-refractivity contribution in [2.45, 2.75) is 19.0 Å². The number of ether oxygens (including phenoxy) is 1. The molecule has 0 radical (unpaired) electrons. The molecule has 1 amide bonds. The van der Waals surface area contributed by atoms with Crippen molar-refractivity contribution >= 4 is 11.9 Å². The van der Waals surface area contributed by atoms with Gasteiger partial charge in [-0.15, -0.1) is 0 Å². The summed E-state index contributed by atoms with van der Waals surface area (Å²) in [5.74, 6) is -2.22. The number of alkyl halides is 3. The van der Waals surface area contributed by atoms with E-state index in [0.29, 0.717) is 5.56 Å². The second-order valence-electron chi connectivity index (χ2n) is 6.26. The Labute approximate surface area is 160 Å². The predicted octanol–water partition coefficient (Wildman–Crippen LogP) is 3.23. The second-order valence-corrected chi connectivity index (χ2v) is 6.26. The average molecular weight is 395 g/mol. The molecule has 1 unspecified atom stereocenters. The lowest BCUT2D eigenvalue weighted by Crippen LogP contribution is -2.34. The number of carboxylic acid groups (broad SMARTS) is 1. The number of benzene rings is 2. The Kier molecular flexibility index (Phi) is 7.43. The van der Waals surface area contributed by atoms with Crippen LogP contribution in [0.25, 0.3) is 0 Å². The van der Waals surface area contributed by atoms with Crippen LogP contribution in [0.4, 0.5) is 13.2 Å². The molecule has 150 valence electrons. The number of hydrogen-bond acceptors (Lipinski definition) is 3. The molecule has 0 heterocycles. The number of rotatable bonds is 9. The standard InChI is InChI=1S/C20H20F3NO4/c21-20(22,23)13-28-17-8-4-7-15(10-17)11-18(25)24-12-16(19(26)27)9-14-5-2-1-3-6-14/h1-8,10,16H,9,11-13H2,(H,24,25)(H,26,27). The van der Waals surface area contributed by atoms with E-state index in [9.17, 15) is 27.9 Å². The lowest BCUT2D eigenvalue weighted by Gasteiger charge is -2.14. The average Bonchev–Trinajstić information content (AvgIpc) is 2.64. The third-order valence-corrected chi connectivity index (χ3v) is 3.89. The summed E-state index contributed by atoms with van der Waals surface area (Å²) in [4.78, 5) is 23.5. The first-order valence-electron chi connectivity index (χ1n) is 8.55. The fourth-order valence-corrected chi connectivity index (χ4v) is 2.54. The molecule has 0 aliphatic heterocycles. The van der Waals surface area contributed by atoms with E-state index >= 15 is 0 Å². The van der Waals surface area contributed by atoms with Crippen LogP contribution in [0.1, 0.15) is 11.1 Å². The molecule has 0 saturated heterocycles. The third kappa shape index (κ3) is 7.69. The molecule has 0 saturated carbocycles. The molecule has 0 bridgehead atoms. The van der Waals surface area contributed by atoms with Crippen LogP contribution >= 0.6 is 0 Å². The molecule has 1 atom stereocenters. The Balaban J connectivity index is 1.87. The van der Waals surface area contributed by atoms with Gasteiger partial charge in [-0.25, -0.2) is 0 Å². The van der Waals surface area contributed by atoms with Crippen LogP contribution < -0.4 is 10.1 Å². The first-order valence-corrected chi connectivity index (χ1v) is 8.55. The molecule has 0 aliphatic rings. The van der Waals surface area contributed by atoms with Gasteiger partial charge >= 0.3 is 12.1 Å². The minimum atomic E-state index is -4.45. The second kappa shape index (κ2) is 9.77. The molecule has 0 spiro atoms. The quantitative estimate of drug-likeness (QED) is 0.684. The number of hydrogen-bond donors (Lipinski definition) is 2. The maximum Gasteiger partial charge on any atom is 0.422 e. The molecule has 2 rings (SSSR count). The van der Waals surface area contributed by atoms with Crippen LogP contribution in [0.3, 0.4) is 0 Å². The first kappa shape index (κ1) is 21.3. The first-order chi connectivity index (χ1) is 13.2. The lowest BCUT2D eigenvalue weighted by atomic mass is 9.99. The van der Waals surface area contributed by atoms with Crippen molar-refractivity contribution in [1.82, 2.24) is 5.32 Å². The van der Waals surface area contributed by atoms with Gasteiger partial charge in [0.1, 0.15) is 5.75 Å². The highest BCUT2D eigenvalue weighted by atomic mass is 19.4. The Hall–Kier alpha value is -3.03. The highest BCUT2D eigenvalue weighted by Crippen LogP contribution is 2.19. The number of amides is 1. The maximum absolute atomic E-state index is 12.2. The van der Waals surface area contributed by atoms with Crippen LogP contribution in [0, 0.1) is 5.92 Å². The minimum Gasteiger partial charge on any atom is -0.484 e. The molecule has 0 aromatic heterocycles. The van der Waals surface area contributed by atoms with Crippen LogP contribution in [0.2, 0.25) is 0 Å². The van der Waals surface area contributed by atoms with Crippen molar-refractivity contribution in [2.24, 2.45) is 5.92 Å². The predicted molar refractivity (Wildman–Crippen MR) is 96.0 cm³/mol. The summed E-state index contributed by atoms with van der Waals surface area (Å²) in [6.45, 7) is -1.46. The van der Waals surface area contributed by atoms with E-state index in [2.05, 4.69) is 10.1 Å². The van der Waals surface area contributed by atoms with Gasteiger partial charge in [0.25, 0.3) is 0 Å². The topological polar surface area (TPSA) is 75.6 Å². The zero-order chi connectivity index (χ0) is 20.6. The molecule has 2 N–H and O–H groups in total. The molecular formula is C20H20F3NO4. The summed E-state index contributed by atoms with van der Waals surface area (Å²) in [7, 11) is 0. The van der Waals surface area contributed by atoms with Crippen LogP contribution in [-0.4, -0.2) is 36.3 Å². The Morgan fingerprint density at radius 1 is 1.04 bits per heavy atom. The molecule has 28 heavy (non-hydrogen) atoms. The van der Waals surface area contributed by atoms with Crippen LogP contribution in [0.15, 0.2) is 54.6 Å².